The van der Waals surface area contributed by atoms with Gasteiger partial charge in [0.15, 0.2) is 0 Å². The maximum atomic E-state index is 11.0. The molecule has 5 atom stereocenters. The highest BCUT2D eigenvalue weighted by molar-refractivity contribution is 5.51. The normalized spacial score (nSPS) is 28.8. The van der Waals surface area contributed by atoms with Gasteiger partial charge in [-0.2, -0.15) is 5.26 Å². The van der Waals surface area contributed by atoms with Crippen LogP contribution < -0.4 is 0 Å². The average molecular weight is 415 g/mol. The van der Waals surface area contributed by atoms with Gasteiger partial charge in [0.1, 0.15) is 30.2 Å². The Labute approximate surface area is 173 Å². The second-order valence-corrected chi connectivity index (χ2v) is 7.45. The molecule has 1 heterocycles. The molecule has 2 aromatic carbocycles. The Bertz CT molecular complexity index is 938. The minimum atomic E-state index is -2.61. The first-order valence-corrected chi connectivity index (χ1v) is 9.64. The van der Waals surface area contributed by atoms with E-state index in [1.807, 2.05) is 37.3 Å². The quantitative estimate of drug-likeness (QED) is 0.400. The van der Waals surface area contributed by atoms with Crippen molar-refractivity contribution in [1.82, 2.24) is 0 Å². The second kappa shape index (κ2) is 8.70. The highest BCUT2D eigenvalue weighted by atomic mass is 16.7. The van der Waals surface area contributed by atoms with Crippen LogP contribution in [0.5, 0.6) is 5.75 Å². The maximum absolute atomic E-state index is 11.0. The number of ether oxygens (including phenoxy) is 1. The summed E-state index contributed by atoms with van der Waals surface area (Å²) in [7, 11) is 0. The van der Waals surface area contributed by atoms with Gasteiger partial charge in [-0.1, -0.05) is 31.2 Å². The van der Waals surface area contributed by atoms with Gasteiger partial charge in [-0.3, -0.25) is 0 Å². The van der Waals surface area contributed by atoms with Gasteiger partial charge in [-0.25, -0.2) is 0 Å². The Morgan fingerprint density at radius 3 is 2.27 bits per heavy atom. The molecule has 1 fully saturated rings. The Kier molecular flexibility index (Phi) is 6.43. The summed E-state index contributed by atoms with van der Waals surface area (Å²) in [6.07, 6.45) is -5.68. The number of phenolic OH excluding ortho intramolecular Hbond substituents is 1. The molecule has 6 N–H and O–H groups in total. The lowest BCUT2D eigenvalue weighted by molar-refractivity contribution is -0.358. The molecule has 30 heavy (non-hydrogen) atoms. The molecule has 160 valence electrons. The molecule has 0 radical (unpaired) electrons. The Morgan fingerprint density at radius 1 is 1.07 bits per heavy atom. The largest absolute Gasteiger partial charge is 0.507 e. The van der Waals surface area contributed by atoms with Crippen molar-refractivity contribution in [2.45, 2.75) is 50.0 Å². The van der Waals surface area contributed by atoms with E-state index in [1.54, 1.807) is 0 Å². The van der Waals surface area contributed by atoms with Gasteiger partial charge < -0.3 is 35.4 Å². The molecule has 1 saturated heterocycles. The fourth-order valence-corrected chi connectivity index (χ4v) is 3.66. The van der Waals surface area contributed by atoms with Crippen LogP contribution in [-0.4, -0.2) is 61.7 Å². The lowest BCUT2D eigenvalue weighted by Gasteiger charge is -2.45. The summed E-state index contributed by atoms with van der Waals surface area (Å²) in [5, 5.41) is 70.7. The molecule has 1 aliphatic heterocycles. The van der Waals surface area contributed by atoms with Crippen molar-refractivity contribution in [3.05, 3.63) is 64.2 Å². The van der Waals surface area contributed by atoms with Crippen molar-refractivity contribution >= 4 is 0 Å². The van der Waals surface area contributed by atoms with Gasteiger partial charge in [0.25, 0.3) is 0 Å². The van der Waals surface area contributed by atoms with E-state index >= 15 is 0 Å². The van der Waals surface area contributed by atoms with E-state index < -0.39 is 42.6 Å². The molecular weight excluding hydrogens is 390 g/mol. The predicted molar refractivity (Wildman–Crippen MR) is 105 cm³/mol. The molecule has 2 aromatic rings. The number of aromatic hydroxyl groups is 1. The summed E-state index contributed by atoms with van der Waals surface area (Å²) in [4.78, 5) is 0. The molecule has 0 unspecified atom stereocenters. The van der Waals surface area contributed by atoms with E-state index in [2.05, 4.69) is 0 Å². The van der Waals surface area contributed by atoms with Crippen molar-refractivity contribution in [1.29, 1.82) is 5.26 Å². The van der Waals surface area contributed by atoms with E-state index in [0.29, 0.717) is 12.0 Å². The van der Waals surface area contributed by atoms with Crippen molar-refractivity contribution in [2.75, 3.05) is 6.61 Å². The fourth-order valence-electron chi connectivity index (χ4n) is 3.66. The summed E-state index contributed by atoms with van der Waals surface area (Å²) >= 11 is 0. The third-order valence-electron chi connectivity index (χ3n) is 5.52. The number of rotatable bonds is 5. The van der Waals surface area contributed by atoms with Crippen LogP contribution in [0.4, 0.5) is 0 Å². The smallest absolute Gasteiger partial charge is 0.226 e. The topological polar surface area (TPSA) is 154 Å². The molecule has 3 rings (SSSR count). The number of aliphatic hydroxyl groups excluding tert-OH is 4. The van der Waals surface area contributed by atoms with Crippen molar-refractivity contribution in [3.63, 3.8) is 0 Å². The molecule has 0 spiro atoms. The molecule has 0 amide bonds. The first kappa shape index (κ1) is 22.2. The lowest BCUT2D eigenvalue weighted by Crippen LogP contribution is -2.63. The molecule has 8 nitrogen and oxygen atoms in total. The van der Waals surface area contributed by atoms with E-state index in [-0.39, 0.29) is 11.1 Å². The zero-order valence-corrected chi connectivity index (χ0v) is 16.4. The van der Waals surface area contributed by atoms with Gasteiger partial charge in [-0.05, 0) is 41.7 Å². The van der Waals surface area contributed by atoms with Crippen LogP contribution in [0.3, 0.4) is 0 Å². The standard InChI is InChI=1S/C22H25NO7/c1-2-12-3-5-13(6-4-12)7-14-8-16(17(25)9-15(14)10-23)22(29)21(28)20(27)19(26)18(11-24)30-22/h3-6,8-9,18-21,24-29H,2,7,11H2,1H3/t18-,19-,20+,21-,22-/m1/s1. The third kappa shape index (κ3) is 3.91. The number of aliphatic hydroxyl groups is 5. The van der Waals surface area contributed by atoms with Crippen LogP contribution in [0.25, 0.3) is 0 Å². The summed E-state index contributed by atoms with van der Waals surface area (Å²) in [6, 6.07) is 12.2. The lowest BCUT2D eigenvalue weighted by atomic mass is 9.85. The van der Waals surface area contributed by atoms with Crippen LogP contribution in [-0.2, 0) is 23.4 Å². The SMILES string of the molecule is CCc1ccc(Cc2cc([C@@]3(O)O[C@H](CO)[C@@H](O)[C@H](O)[C@H]3O)c(O)cc2C#N)cc1. The first-order valence-electron chi connectivity index (χ1n) is 9.64. The van der Waals surface area contributed by atoms with Crippen molar-refractivity contribution in [3.8, 4) is 11.8 Å². The Morgan fingerprint density at radius 2 is 1.70 bits per heavy atom. The summed E-state index contributed by atoms with van der Waals surface area (Å²) < 4.78 is 5.30. The zero-order chi connectivity index (χ0) is 22.1. The number of nitriles is 1. The highest BCUT2D eigenvalue weighted by Crippen LogP contribution is 2.41. The van der Waals surface area contributed by atoms with Crippen molar-refractivity contribution < 1.29 is 35.4 Å². The number of hydrogen-bond acceptors (Lipinski definition) is 8. The Hall–Kier alpha value is -2.51. The summed E-state index contributed by atoms with van der Waals surface area (Å²) in [5.74, 6) is -3.14. The fraction of sp³-hybridized carbons (Fsp3) is 0.409. The van der Waals surface area contributed by atoms with Crippen LogP contribution in [0.2, 0.25) is 0 Å². The molecular formula is C22H25NO7. The Balaban J connectivity index is 2.04. The monoisotopic (exact) mass is 415 g/mol. The first-order chi connectivity index (χ1) is 14.2. The van der Waals surface area contributed by atoms with Crippen molar-refractivity contribution in [2.24, 2.45) is 0 Å². The van der Waals surface area contributed by atoms with E-state index in [0.717, 1.165) is 23.6 Å². The summed E-state index contributed by atoms with van der Waals surface area (Å²) in [6.45, 7) is 1.30. The van der Waals surface area contributed by atoms with Crippen LogP contribution in [0.1, 0.15) is 34.7 Å². The zero-order valence-electron chi connectivity index (χ0n) is 16.4. The molecule has 0 saturated carbocycles. The average Bonchev–Trinajstić information content (AvgIpc) is 2.76. The van der Waals surface area contributed by atoms with E-state index in [9.17, 15) is 35.9 Å². The van der Waals surface area contributed by atoms with E-state index in [4.69, 9.17) is 4.74 Å². The number of benzene rings is 2. The number of phenols is 1. The minimum Gasteiger partial charge on any atom is -0.507 e. The minimum absolute atomic E-state index is 0.170. The summed E-state index contributed by atoms with van der Waals surface area (Å²) in [5.41, 5.74) is 2.39. The molecule has 0 aliphatic carbocycles. The number of aryl methyl sites for hydroxylation is 1. The molecule has 8 heteroatoms. The number of hydrogen-bond donors (Lipinski definition) is 6. The predicted octanol–water partition coefficient (Wildman–Crippen LogP) is 0.0360. The van der Waals surface area contributed by atoms with Gasteiger partial charge in [0.2, 0.25) is 5.79 Å². The van der Waals surface area contributed by atoms with Crippen LogP contribution in [0.15, 0.2) is 36.4 Å². The molecule has 0 aromatic heterocycles. The van der Waals surface area contributed by atoms with Gasteiger partial charge in [0, 0.05) is 0 Å². The van der Waals surface area contributed by atoms with Gasteiger partial charge >= 0.3 is 0 Å². The number of nitrogens with zero attached hydrogens (tertiary/aromatic N) is 1. The van der Waals surface area contributed by atoms with Crippen LogP contribution >= 0.6 is 0 Å². The van der Waals surface area contributed by atoms with Crippen LogP contribution in [0, 0.1) is 11.3 Å². The maximum Gasteiger partial charge on any atom is 0.226 e. The van der Waals surface area contributed by atoms with E-state index in [1.165, 1.54) is 6.07 Å². The molecule has 0 bridgehead atoms. The second-order valence-electron chi connectivity index (χ2n) is 7.45. The third-order valence-corrected chi connectivity index (χ3v) is 5.52. The molecule has 1 aliphatic rings. The van der Waals surface area contributed by atoms with Gasteiger partial charge in [-0.15, -0.1) is 0 Å². The van der Waals surface area contributed by atoms with Gasteiger partial charge in [0.05, 0.1) is 23.8 Å². The highest BCUT2D eigenvalue weighted by Gasteiger charge is 2.54.